The average Bonchev–Trinajstić information content (AvgIpc) is 2.75. The first-order chi connectivity index (χ1) is 14.2. The molecule has 146 valence electrons. The van der Waals surface area contributed by atoms with Crippen LogP contribution in [0.1, 0.15) is 11.1 Å². The first-order valence-electron chi connectivity index (χ1n) is 9.37. The van der Waals surface area contributed by atoms with Crippen molar-refractivity contribution in [1.82, 2.24) is 10.3 Å². The molecular formula is C24H21FN2O2. The van der Waals surface area contributed by atoms with Crippen LogP contribution in [0.25, 0.3) is 10.8 Å². The molecule has 0 saturated carbocycles. The van der Waals surface area contributed by atoms with Gasteiger partial charge in [-0.1, -0.05) is 42.5 Å². The molecule has 0 atom stereocenters. The summed E-state index contributed by atoms with van der Waals surface area (Å²) in [5, 5.41) is 5.77. The third kappa shape index (κ3) is 4.36. The van der Waals surface area contributed by atoms with Crippen molar-refractivity contribution < 1.29 is 13.9 Å². The van der Waals surface area contributed by atoms with Gasteiger partial charge in [-0.25, -0.2) is 9.37 Å². The molecule has 0 aliphatic carbocycles. The molecule has 0 radical (unpaired) electrons. The van der Waals surface area contributed by atoms with Crippen LogP contribution in [0, 0.1) is 5.82 Å². The van der Waals surface area contributed by atoms with Gasteiger partial charge in [0.25, 0.3) is 0 Å². The number of nitrogens with one attached hydrogen (secondary N) is 1. The molecule has 1 N–H and O–H groups in total. The highest BCUT2D eigenvalue weighted by molar-refractivity contribution is 5.87. The Morgan fingerprint density at radius 2 is 1.83 bits per heavy atom. The number of nitrogens with zero attached hydrogens (tertiary/aromatic N) is 1. The van der Waals surface area contributed by atoms with Gasteiger partial charge in [0.1, 0.15) is 17.3 Å². The third-order valence-electron chi connectivity index (χ3n) is 4.70. The van der Waals surface area contributed by atoms with E-state index in [9.17, 15) is 4.39 Å². The number of hydrogen-bond donors (Lipinski definition) is 1. The lowest BCUT2D eigenvalue weighted by Crippen LogP contribution is -2.14. The number of hydrogen-bond acceptors (Lipinski definition) is 4. The zero-order valence-corrected chi connectivity index (χ0v) is 16.1. The molecule has 1 heterocycles. The molecule has 3 aromatic carbocycles. The van der Waals surface area contributed by atoms with Gasteiger partial charge in [0.05, 0.1) is 7.11 Å². The number of aromatic nitrogens is 1. The van der Waals surface area contributed by atoms with Gasteiger partial charge in [0.15, 0.2) is 0 Å². The Morgan fingerprint density at radius 3 is 2.69 bits per heavy atom. The molecule has 4 nitrogen and oxygen atoms in total. The van der Waals surface area contributed by atoms with Crippen molar-refractivity contribution in [3.05, 3.63) is 95.9 Å². The topological polar surface area (TPSA) is 43.4 Å². The summed E-state index contributed by atoms with van der Waals surface area (Å²) in [6.07, 6.45) is 1.66. The summed E-state index contributed by atoms with van der Waals surface area (Å²) in [5.41, 5.74) is 1.98. The maximum Gasteiger partial charge on any atom is 0.223 e. The molecule has 29 heavy (non-hydrogen) atoms. The number of halogens is 1. The van der Waals surface area contributed by atoms with E-state index in [0.717, 1.165) is 22.3 Å². The van der Waals surface area contributed by atoms with Crippen molar-refractivity contribution in [3.8, 4) is 17.4 Å². The normalized spacial score (nSPS) is 10.8. The monoisotopic (exact) mass is 388 g/mol. The Hall–Kier alpha value is -3.44. The molecule has 5 heteroatoms. The van der Waals surface area contributed by atoms with E-state index in [4.69, 9.17) is 9.47 Å². The molecule has 0 unspecified atom stereocenters. The summed E-state index contributed by atoms with van der Waals surface area (Å²) in [6, 6.07) is 22.1. The summed E-state index contributed by atoms with van der Waals surface area (Å²) in [5.74, 6) is 1.37. The van der Waals surface area contributed by atoms with Crippen LogP contribution in [-0.2, 0) is 13.1 Å². The summed E-state index contributed by atoms with van der Waals surface area (Å²) >= 11 is 0. The summed E-state index contributed by atoms with van der Waals surface area (Å²) in [4.78, 5) is 4.30. The van der Waals surface area contributed by atoms with Crippen molar-refractivity contribution in [2.24, 2.45) is 0 Å². The van der Waals surface area contributed by atoms with Gasteiger partial charge >= 0.3 is 0 Å². The maximum atomic E-state index is 13.4. The van der Waals surface area contributed by atoms with Crippen molar-refractivity contribution in [2.45, 2.75) is 13.1 Å². The standard InChI is InChI=1S/C24H21FN2O2/c1-28-23-12-11-17-6-2-3-10-21(17)22(23)16-26-15-18-7-5-13-27-24(18)29-20-9-4-8-19(25)14-20/h2-14,26H,15-16H2,1H3. The number of ether oxygens (including phenoxy) is 2. The number of fused-ring (bicyclic) bond motifs is 1. The van der Waals surface area contributed by atoms with Gasteiger partial charge in [-0.3, -0.25) is 0 Å². The zero-order valence-electron chi connectivity index (χ0n) is 16.1. The molecule has 0 spiro atoms. The van der Waals surface area contributed by atoms with E-state index in [-0.39, 0.29) is 5.82 Å². The van der Waals surface area contributed by atoms with E-state index in [2.05, 4.69) is 28.5 Å². The molecule has 0 aliphatic rings. The van der Waals surface area contributed by atoms with Gasteiger partial charge < -0.3 is 14.8 Å². The molecule has 0 amide bonds. The number of methoxy groups -OCH3 is 1. The molecule has 1 aromatic heterocycles. The molecule has 0 saturated heterocycles. The highest BCUT2D eigenvalue weighted by Gasteiger charge is 2.10. The Kier molecular flexibility index (Phi) is 5.68. The highest BCUT2D eigenvalue weighted by atomic mass is 19.1. The second kappa shape index (κ2) is 8.71. The van der Waals surface area contributed by atoms with E-state index < -0.39 is 0 Å². The smallest absolute Gasteiger partial charge is 0.223 e. The van der Waals surface area contributed by atoms with Crippen LogP contribution in [0.2, 0.25) is 0 Å². The van der Waals surface area contributed by atoms with Crippen molar-refractivity contribution in [1.29, 1.82) is 0 Å². The lowest BCUT2D eigenvalue weighted by molar-refractivity contribution is 0.408. The fourth-order valence-corrected chi connectivity index (χ4v) is 3.30. The zero-order chi connectivity index (χ0) is 20.1. The number of benzene rings is 3. The summed E-state index contributed by atoms with van der Waals surface area (Å²) in [7, 11) is 1.68. The van der Waals surface area contributed by atoms with Crippen LogP contribution in [0.3, 0.4) is 0 Å². The van der Waals surface area contributed by atoms with E-state index in [0.29, 0.717) is 24.7 Å². The minimum Gasteiger partial charge on any atom is -0.496 e. The quantitative estimate of drug-likeness (QED) is 0.456. The number of pyridine rings is 1. The SMILES string of the molecule is COc1ccc2ccccc2c1CNCc1cccnc1Oc1cccc(F)c1. The third-order valence-corrected chi connectivity index (χ3v) is 4.70. The molecule has 0 aliphatic heterocycles. The lowest BCUT2D eigenvalue weighted by atomic mass is 10.0. The Morgan fingerprint density at radius 1 is 0.931 bits per heavy atom. The Labute approximate surface area is 168 Å². The van der Waals surface area contributed by atoms with E-state index in [1.54, 1.807) is 25.4 Å². The second-order valence-electron chi connectivity index (χ2n) is 6.60. The van der Waals surface area contributed by atoms with E-state index in [1.165, 1.54) is 17.5 Å². The molecule has 0 bridgehead atoms. The van der Waals surface area contributed by atoms with Crippen LogP contribution in [0.5, 0.6) is 17.4 Å². The minimum atomic E-state index is -0.346. The predicted molar refractivity (Wildman–Crippen MR) is 112 cm³/mol. The molecule has 4 rings (SSSR count). The average molecular weight is 388 g/mol. The highest BCUT2D eigenvalue weighted by Crippen LogP contribution is 2.28. The van der Waals surface area contributed by atoms with E-state index >= 15 is 0 Å². The van der Waals surface area contributed by atoms with Crippen molar-refractivity contribution in [3.63, 3.8) is 0 Å². The summed E-state index contributed by atoms with van der Waals surface area (Å²) in [6.45, 7) is 1.17. The fourth-order valence-electron chi connectivity index (χ4n) is 3.30. The van der Waals surface area contributed by atoms with Crippen molar-refractivity contribution >= 4 is 10.8 Å². The summed E-state index contributed by atoms with van der Waals surface area (Å²) < 4.78 is 24.8. The van der Waals surface area contributed by atoms with Gasteiger partial charge in [-0.05, 0) is 35.0 Å². The van der Waals surface area contributed by atoms with Gasteiger partial charge in [-0.2, -0.15) is 0 Å². The first kappa shape index (κ1) is 18.9. The predicted octanol–water partition coefficient (Wildman–Crippen LogP) is 5.46. The van der Waals surface area contributed by atoms with Gasteiger partial charge in [0, 0.05) is 36.5 Å². The maximum absolute atomic E-state index is 13.4. The second-order valence-corrected chi connectivity index (χ2v) is 6.60. The van der Waals surface area contributed by atoms with Crippen molar-refractivity contribution in [2.75, 3.05) is 7.11 Å². The Bertz CT molecular complexity index is 1130. The largest absolute Gasteiger partial charge is 0.496 e. The van der Waals surface area contributed by atoms with Gasteiger partial charge in [-0.15, -0.1) is 0 Å². The molecular weight excluding hydrogens is 367 g/mol. The van der Waals surface area contributed by atoms with Crippen LogP contribution in [0.15, 0.2) is 79.0 Å². The lowest BCUT2D eigenvalue weighted by Gasteiger charge is -2.14. The van der Waals surface area contributed by atoms with E-state index in [1.807, 2.05) is 30.3 Å². The fraction of sp³-hybridized carbons (Fsp3) is 0.125. The minimum absolute atomic E-state index is 0.346. The van der Waals surface area contributed by atoms with Crippen LogP contribution in [-0.4, -0.2) is 12.1 Å². The van der Waals surface area contributed by atoms with Crippen LogP contribution < -0.4 is 14.8 Å². The first-order valence-corrected chi connectivity index (χ1v) is 9.37. The van der Waals surface area contributed by atoms with Crippen LogP contribution >= 0.6 is 0 Å². The van der Waals surface area contributed by atoms with Crippen LogP contribution in [0.4, 0.5) is 4.39 Å². The van der Waals surface area contributed by atoms with Gasteiger partial charge in [0.2, 0.25) is 5.88 Å². The molecule has 0 fully saturated rings. The molecule has 4 aromatic rings. The number of rotatable bonds is 7. The Balaban J connectivity index is 1.52.